The van der Waals surface area contributed by atoms with Crippen molar-refractivity contribution in [3.05, 3.63) is 23.5 Å². The lowest BCUT2D eigenvalue weighted by Crippen LogP contribution is -2.56. The fourth-order valence-electron chi connectivity index (χ4n) is 7.79. The Kier molecular flexibility index (Phi) is 3.44. The summed E-state index contributed by atoms with van der Waals surface area (Å²) in [5.74, 6) is 2.97. The van der Waals surface area contributed by atoms with E-state index in [9.17, 15) is 4.79 Å². The minimum Gasteiger partial charge on any atom is -0.431 e. The lowest BCUT2D eigenvalue weighted by Gasteiger charge is -2.54. The largest absolute Gasteiger partial charge is 0.431 e. The number of rotatable bonds is 2. The van der Waals surface area contributed by atoms with Crippen LogP contribution in [-0.4, -0.2) is 17.7 Å². The molecule has 4 aliphatic carbocycles. The van der Waals surface area contributed by atoms with Crippen LogP contribution in [0, 0.1) is 28.6 Å². The minimum atomic E-state index is -0.210. The highest BCUT2D eigenvalue weighted by Crippen LogP contribution is 2.75. The second kappa shape index (κ2) is 5.25. The maximum atomic E-state index is 11.4. The van der Waals surface area contributed by atoms with E-state index in [4.69, 9.17) is 9.47 Å². The molecule has 1 heterocycles. The molecular formula is C23H32O3. The Balaban J connectivity index is 1.52. The molecule has 0 aromatic carbocycles. The maximum absolute atomic E-state index is 11.4. The molecule has 7 atom stereocenters. The molecule has 0 aromatic rings. The average molecular weight is 357 g/mol. The summed E-state index contributed by atoms with van der Waals surface area (Å²) in [4.78, 5) is 11.4. The van der Waals surface area contributed by atoms with Crippen LogP contribution in [0.5, 0.6) is 0 Å². The molecule has 5 aliphatic rings. The summed E-state index contributed by atoms with van der Waals surface area (Å²) in [7, 11) is 0. The predicted octanol–water partition coefficient (Wildman–Crippen LogP) is 5.16. The van der Waals surface area contributed by atoms with Crippen molar-refractivity contribution in [2.45, 2.75) is 84.3 Å². The molecule has 1 saturated heterocycles. The fraction of sp³-hybridized carbons (Fsp3) is 0.783. The van der Waals surface area contributed by atoms with Crippen LogP contribution in [0.15, 0.2) is 23.5 Å². The molecule has 3 nitrogen and oxygen atoms in total. The van der Waals surface area contributed by atoms with Crippen LogP contribution in [0.4, 0.5) is 0 Å². The number of carbonyl (C=O) groups is 1. The lowest BCUT2D eigenvalue weighted by atomic mass is 9.47. The van der Waals surface area contributed by atoms with Gasteiger partial charge in [-0.3, -0.25) is 4.79 Å². The summed E-state index contributed by atoms with van der Waals surface area (Å²) in [5.41, 5.74) is 1.95. The average Bonchev–Trinajstić information content (AvgIpc) is 3.20. The molecule has 26 heavy (non-hydrogen) atoms. The Morgan fingerprint density at radius 2 is 2.12 bits per heavy atom. The van der Waals surface area contributed by atoms with Gasteiger partial charge < -0.3 is 9.47 Å². The topological polar surface area (TPSA) is 38.8 Å². The van der Waals surface area contributed by atoms with Gasteiger partial charge in [-0.25, -0.2) is 0 Å². The van der Waals surface area contributed by atoms with Crippen molar-refractivity contribution in [3.63, 3.8) is 0 Å². The Labute approximate surface area is 157 Å². The zero-order valence-electron chi connectivity index (χ0n) is 16.6. The highest BCUT2D eigenvalue weighted by molar-refractivity contribution is 5.67. The van der Waals surface area contributed by atoms with Crippen LogP contribution in [0.1, 0.15) is 72.6 Å². The van der Waals surface area contributed by atoms with Crippen molar-refractivity contribution in [1.29, 1.82) is 0 Å². The van der Waals surface area contributed by atoms with Crippen molar-refractivity contribution in [2.75, 3.05) is 0 Å². The Morgan fingerprint density at radius 3 is 2.85 bits per heavy atom. The molecule has 0 amide bonds. The molecule has 0 radical (unpaired) electrons. The van der Waals surface area contributed by atoms with Crippen LogP contribution in [-0.2, 0) is 14.3 Å². The van der Waals surface area contributed by atoms with E-state index in [1.165, 1.54) is 38.2 Å². The molecule has 5 rings (SSSR count). The molecule has 3 heteroatoms. The van der Waals surface area contributed by atoms with Gasteiger partial charge in [0.15, 0.2) is 0 Å². The maximum Gasteiger partial charge on any atom is 0.307 e. The molecule has 0 bridgehead atoms. The Hall–Kier alpha value is -1.09. The first-order chi connectivity index (χ1) is 12.3. The molecule has 0 N–H and O–H groups in total. The number of hydrogen-bond acceptors (Lipinski definition) is 3. The monoisotopic (exact) mass is 356 g/mol. The quantitative estimate of drug-likeness (QED) is 0.506. The molecule has 1 aliphatic heterocycles. The number of epoxide rings is 1. The van der Waals surface area contributed by atoms with Gasteiger partial charge in [0, 0.05) is 18.8 Å². The first-order valence-corrected chi connectivity index (χ1v) is 10.6. The van der Waals surface area contributed by atoms with Gasteiger partial charge in [0.25, 0.3) is 0 Å². The van der Waals surface area contributed by atoms with E-state index in [-0.39, 0.29) is 17.0 Å². The first-order valence-electron chi connectivity index (χ1n) is 10.6. The SMILES string of the molecule is CC[C@H]1CC[C@H]2[C@@H]3CC=C4C=C(OC(C)=O)CC[C@]4(C)[C@@]34O[C@H]4C[C@]12C. The molecule has 0 aromatic heterocycles. The summed E-state index contributed by atoms with van der Waals surface area (Å²) in [5, 5.41) is 0. The Morgan fingerprint density at radius 1 is 1.31 bits per heavy atom. The summed E-state index contributed by atoms with van der Waals surface area (Å²) < 4.78 is 12.1. The third kappa shape index (κ3) is 1.91. The third-order valence-corrected chi connectivity index (χ3v) is 9.07. The molecule has 2 saturated carbocycles. The van der Waals surface area contributed by atoms with Gasteiger partial charge in [0.05, 0.1) is 6.10 Å². The molecular weight excluding hydrogens is 324 g/mol. The number of fused-ring (bicyclic) bond motifs is 3. The summed E-state index contributed by atoms with van der Waals surface area (Å²) in [6.07, 6.45) is 13.4. The van der Waals surface area contributed by atoms with Gasteiger partial charge in [-0.2, -0.15) is 0 Å². The second-order valence-corrected chi connectivity index (χ2v) is 9.94. The van der Waals surface area contributed by atoms with Crippen LogP contribution in [0.2, 0.25) is 0 Å². The van der Waals surface area contributed by atoms with Crippen molar-refractivity contribution in [2.24, 2.45) is 28.6 Å². The van der Waals surface area contributed by atoms with Crippen molar-refractivity contribution < 1.29 is 14.3 Å². The molecule has 3 fully saturated rings. The highest BCUT2D eigenvalue weighted by atomic mass is 16.6. The van der Waals surface area contributed by atoms with Crippen LogP contribution in [0.25, 0.3) is 0 Å². The summed E-state index contributed by atoms with van der Waals surface area (Å²) >= 11 is 0. The summed E-state index contributed by atoms with van der Waals surface area (Å²) in [6, 6.07) is 0. The van der Waals surface area contributed by atoms with Crippen LogP contribution in [0.3, 0.4) is 0 Å². The zero-order chi connectivity index (χ0) is 18.3. The second-order valence-electron chi connectivity index (χ2n) is 9.94. The van der Waals surface area contributed by atoms with Crippen molar-refractivity contribution >= 4 is 5.97 Å². The van der Waals surface area contributed by atoms with Gasteiger partial charge in [-0.15, -0.1) is 0 Å². The minimum absolute atomic E-state index is 0.0438. The zero-order valence-corrected chi connectivity index (χ0v) is 16.6. The van der Waals surface area contributed by atoms with E-state index in [1.807, 2.05) is 0 Å². The van der Waals surface area contributed by atoms with E-state index < -0.39 is 0 Å². The number of esters is 1. The number of allylic oxidation sites excluding steroid dienone is 3. The summed E-state index contributed by atoms with van der Waals surface area (Å²) in [6.45, 7) is 8.84. The standard InChI is InChI=1S/C23H32O3/c1-5-15-6-8-18-19-9-7-16-12-17(25-14(2)24)10-11-22(16,4)23(19)20(26-23)13-21(15,18)3/h7,12,15,18-20H,5-6,8-11,13H2,1-4H3/t15-,18-,19-,20-,21+,22-,23+/m0/s1. The van der Waals surface area contributed by atoms with Gasteiger partial charge in [0.1, 0.15) is 11.4 Å². The van der Waals surface area contributed by atoms with Crippen molar-refractivity contribution in [1.82, 2.24) is 0 Å². The fourth-order valence-corrected chi connectivity index (χ4v) is 7.79. The van der Waals surface area contributed by atoms with E-state index in [1.54, 1.807) is 0 Å². The van der Waals surface area contributed by atoms with E-state index in [0.29, 0.717) is 17.4 Å². The Bertz CT molecular complexity index is 721. The number of carbonyl (C=O) groups excluding carboxylic acids is 1. The van der Waals surface area contributed by atoms with E-state index in [2.05, 4.69) is 32.9 Å². The van der Waals surface area contributed by atoms with Gasteiger partial charge in [-0.05, 0) is 66.9 Å². The van der Waals surface area contributed by atoms with Gasteiger partial charge >= 0.3 is 5.97 Å². The normalized spacial score (nSPS) is 51.2. The van der Waals surface area contributed by atoms with E-state index in [0.717, 1.165) is 36.9 Å². The molecule has 1 spiro atoms. The molecule has 142 valence electrons. The first kappa shape index (κ1) is 17.0. The smallest absolute Gasteiger partial charge is 0.307 e. The van der Waals surface area contributed by atoms with Crippen LogP contribution < -0.4 is 0 Å². The van der Waals surface area contributed by atoms with Crippen LogP contribution >= 0.6 is 0 Å². The van der Waals surface area contributed by atoms with E-state index >= 15 is 0 Å². The number of ether oxygens (including phenoxy) is 2. The third-order valence-electron chi connectivity index (χ3n) is 9.07. The number of hydrogen-bond donors (Lipinski definition) is 0. The molecule has 0 unspecified atom stereocenters. The lowest BCUT2D eigenvalue weighted by molar-refractivity contribution is -0.137. The van der Waals surface area contributed by atoms with Gasteiger partial charge in [0.2, 0.25) is 0 Å². The predicted molar refractivity (Wildman–Crippen MR) is 100 cm³/mol. The van der Waals surface area contributed by atoms with Gasteiger partial charge in [-0.1, -0.05) is 33.3 Å². The highest BCUT2D eigenvalue weighted by Gasteiger charge is 2.78. The van der Waals surface area contributed by atoms with Crippen molar-refractivity contribution in [3.8, 4) is 0 Å².